The molecule has 1 fully saturated rings. The van der Waals surface area contributed by atoms with Gasteiger partial charge in [-0.25, -0.2) is 4.98 Å². The number of anilines is 1. The number of quaternary nitrogens is 1. The summed E-state index contributed by atoms with van der Waals surface area (Å²) >= 11 is 0. The highest BCUT2D eigenvalue weighted by atomic mass is 16.1. The topological polar surface area (TPSA) is 53.4 Å². The molecule has 2 aromatic carbocycles. The van der Waals surface area contributed by atoms with E-state index in [9.17, 15) is 4.79 Å². The van der Waals surface area contributed by atoms with E-state index in [1.807, 2.05) is 24.3 Å². The van der Waals surface area contributed by atoms with Crippen LogP contribution in [0.3, 0.4) is 0 Å². The molecule has 0 saturated carbocycles. The summed E-state index contributed by atoms with van der Waals surface area (Å²) in [5.41, 5.74) is 2.01. The monoisotopic (exact) mass is 335 g/mol. The molecule has 4 rings (SSSR count). The average Bonchev–Trinajstić information content (AvgIpc) is 2.68. The largest absolute Gasteiger partial charge is 0.360 e. The van der Waals surface area contributed by atoms with Crippen molar-refractivity contribution in [1.29, 1.82) is 0 Å². The maximum Gasteiger partial charge on any atom is 0.258 e. The second kappa shape index (κ2) is 6.69. The fraction of sp³-hybridized carbons (Fsp3) is 0.300. The van der Waals surface area contributed by atoms with Crippen molar-refractivity contribution < 1.29 is 4.90 Å². The summed E-state index contributed by atoms with van der Waals surface area (Å²) in [4.78, 5) is 23.9. The molecular weight excluding hydrogens is 312 g/mol. The van der Waals surface area contributed by atoms with Gasteiger partial charge in [0.1, 0.15) is 6.04 Å². The zero-order chi connectivity index (χ0) is 17.2. The maximum absolute atomic E-state index is 12.3. The zero-order valence-electron chi connectivity index (χ0n) is 14.4. The van der Waals surface area contributed by atoms with E-state index < -0.39 is 0 Å². The van der Waals surface area contributed by atoms with Crippen molar-refractivity contribution in [3.05, 3.63) is 70.8 Å². The highest BCUT2D eigenvalue weighted by Gasteiger charge is 2.27. The van der Waals surface area contributed by atoms with E-state index >= 15 is 0 Å². The molecule has 25 heavy (non-hydrogen) atoms. The number of aromatic amines is 1. The molecule has 2 heterocycles. The number of benzene rings is 2. The second-order valence-electron chi connectivity index (χ2n) is 6.67. The van der Waals surface area contributed by atoms with Gasteiger partial charge in [-0.2, -0.15) is 0 Å². The summed E-state index contributed by atoms with van der Waals surface area (Å²) in [6.45, 7) is 6.25. The van der Waals surface area contributed by atoms with Crippen LogP contribution < -0.4 is 15.4 Å². The lowest BCUT2D eigenvalue weighted by atomic mass is 10.2. The second-order valence-corrected chi connectivity index (χ2v) is 6.67. The first kappa shape index (κ1) is 15.8. The number of fused-ring (bicyclic) bond motifs is 1. The van der Waals surface area contributed by atoms with Crippen LogP contribution >= 0.6 is 0 Å². The summed E-state index contributed by atoms with van der Waals surface area (Å²) in [6.07, 6.45) is 0. The first-order chi connectivity index (χ1) is 12.2. The van der Waals surface area contributed by atoms with Gasteiger partial charge in [-0.3, -0.25) is 4.79 Å². The summed E-state index contributed by atoms with van der Waals surface area (Å²) < 4.78 is 0. The molecule has 1 aromatic heterocycles. The third-order valence-corrected chi connectivity index (χ3v) is 5.18. The van der Waals surface area contributed by atoms with Crippen LogP contribution in [0.5, 0.6) is 0 Å². The van der Waals surface area contributed by atoms with E-state index in [0.717, 1.165) is 37.5 Å². The number of piperazine rings is 1. The predicted molar refractivity (Wildman–Crippen MR) is 100 cm³/mol. The van der Waals surface area contributed by atoms with E-state index in [-0.39, 0.29) is 11.6 Å². The van der Waals surface area contributed by atoms with E-state index in [1.165, 1.54) is 10.6 Å². The van der Waals surface area contributed by atoms with Gasteiger partial charge >= 0.3 is 0 Å². The number of hydrogen-bond donors (Lipinski definition) is 2. The minimum absolute atomic E-state index is 0.0465. The SMILES string of the molecule is C[C@H](c1nc2ccccc2c(=O)[nH]1)[NH+]1CCN(c2ccccc2)CC1. The van der Waals surface area contributed by atoms with Crippen LogP contribution in [0.1, 0.15) is 18.8 Å². The highest BCUT2D eigenvalue weighted by molar-refractivity contribution is 5.77. The Bertz CT molecular complexity index is 914. The molecule has 3 aromatic rings. The Labute approximate surface area is 146 Å². The number of hydrogen-bond acceptors (Lipinski definition) is 3. The molecule has 0 unspecified atom stereocenters. The van der Waals surface area contributed by atoms with Crippen LogP contribution in [0.25, 0.3) is 10.9 Å². The molecular formula is C20H23N4O+. The van der Waals surface area contributed by atoms with Gasteiger partial charge in [-0.1, -0.05) is 30.3 Å². The molecule has 128 valence electrons. The summed E-state index contributed by atoms with van der Waals surface area (Å²) in [7, 11) is 0. The van der Waals surface area contributed by atoms with Crippen molar-refractivity contribution in [2.24, 2.45) is 0 Å². The number of H-pyrrole nitrogens is 1. The molecule has 1 atom stereocenters. The van der Waals surface area contributed by atoms with Gasteiger partial charge in [-0.05, 0) is 31.2 Å². The minimum atomic E-state index is -0.0465. The predicted octanol–water partition coefficient (Wildman–Crippen LogP) is 1.39. The minimum Gasteiger partial charge on any atom is -0.360 e. The Hall–Kier alpha value is -2.66. The van der Waals surface area contributed by atoms with Gasteiger partial charge in [-0.15, -0.1) is 0 Å². The third kappa shape index (κ3) is 3.15. The van der Waals surface area contributed by atoms with Crippen LogP contribution in [-0.2, 0) is 0 Å². The van der Waals surface area contributed by atoms with Gasteiger partial charge in [0.2, 0.25) is 0 Å². The molecule has 1 aliphatic rings. The summed E-state index contributed by atoms with van der Waals surface area (Å²) in [6, 6.07) is 18.2. The Morgan fingerprint density at radius 1 is 1.04 bits per heavy atom. The van der Waals surface area contributed by atoms with Gasteiger partial charge < -0.3 is 14.8 Å². The van der Waals surface area contributed by atoms with Gasteiger partial charge in [0.05, 0.1) is 37.1 Å². The number of rotatable bonds is 3. The van der Waals surface area contributed by atoms with Gasteiger partial charge in [0.25, 0.3) is 5.56 Å². The third-order valence-electron chi connectivity index (χ3n) is 5.18. The standard InChI is InChI=1S/C20H22N4O/c1-15(19-21-18-10-6-5-9-17(18)20(25)22-19)23-11-13-24(14-12-23)16-7-3-2-4-8-16/h2-10,15H,11-14H2,1H3,(H,21,22,25)/p+1/t15-/m1/s1. The van der Waals surface area contributed by atoms with Crippen molar-refractivity contribution in [3.63, 3.8) is 0 Å². The van der Waals surface area contributed by atoms with E-state index in [4.69, 9.17) is 4.98 Å². The molecule has 0 spiro atoms. The van der Waals surface area contributed by atoms with Crippen molar-refractivity contribution in [2.45, 2.75) is 13.0 Å². The first-order valence-electron chi connectivity index (χ1n) is 8.86. The van der Waals surface area contributed by atoms with Crippen molar-refractivity contribution in [2.75, 3.05) is 31.1 Å². The molecule has 0 amide bonds. The lowest BCUT2D eigenvalue weighted by Gasteiger charge is -2.36. The molecule has 1 saturated heterocycles. The molecule has 0 aliphatic carbocycles. The normalized spacial score (nSPS) is 16.9. The summed E-state index contributed by atoms with van der Waals surface area (Å²) in [5.74, 6) is 0.784. The molecule has 5 nitrogen and oxygen atoms in total. The van der Waals surface area contributed by atoms with E-state index in [1.54, 1.807) is 0 Å². The molecule has 1 aliphatic heterocycles. The zero-order valence-corrected chi connectivity index (χ0v) is 14.4. The van der Waals surface area contributed by atoms with Crippen LogP contribution in [0.2, 0.25) is 0 Å². The lowest BCUT2D eigenvalue weighted by Crippen LogP contribution is -3.14. The van der Waals surface area contributed by atoms with Crippen molar-refractivity contribution in [3.8, 4) is 0 Å². The summed E-state index contributed by atoms with van der Waals surface area (Å²) in [5, 5.41) is 0.655. The average molecular weight is 335 g/mol. The number of aromatic nitrogens is 2. The van der Waals surface area contributed by atoms with Crippen LogP contribution in [-0.4, -0.2) is 36.1 Å². The molecule has 2 N–H and O–H groups in total. The maximum atomic E-state index is 12.3. The Balaban J connectivity index is 1.51. The number of nitrogens with zero attached hydrogens (tertiary/aromatic N) is 2. The smallest absolute Gasteiger partial charge is 0.258 e. The van der Waals surface area contributed by atoms with Gasteiger partial charge in [0.15, 0.2) is 5.82 Å². The Morgan fingerprint density at radius 3 is 2.48 bits per heavy atom. The van der Waals surface area contributed by atoms with Crippen LogP contribution in [0, 0.1) is 0 Å². The highest BCUT2D eigenvalue weighted by Crippen LogP contribution is 2.14. The molecule has 5 heteroatoms. The van der Waals surface area contributed by atoms with E-state index in [0.29, 0.717) is 5.39 Å². The number of nitrogens with one attached hydrogen (secondary N) is 2. The number of para-hydroxylation sites is 2. The van der Waals surface area contributed by atoms with Crippen molar-refractivity contribution >= 4 is 16.6 Å². The quantitative estimate of drug-likeness (QED) is 0.761. The Kier molecular flexibility index (Phi) is 4.24. The van der Waals surface area contributed by atoms with Crippen LogP contribution in [0.4, 0.5) is 5.69 Å². The van der Waals surface area contributed by atoms with Gasteiger partial charge in [0, 0.05) is 5.69 Å². The Morgan fingerprint density at radius 2 is 1.72 bits per heavy atom. The first-order valence-corrected chi connectivity index (χ1v) is 8.86. The van der Waals surface area contributed by atoms with E-state index in [2.05, 4.69) is 47.1 Å². The fourth-order valence-corrected chi connectivity index (χ4v) is 3.63. The fourth-order valence-electron chi connectivity index (χ4n) is 3.63. The lowest BCUT2D eigenvalue weighted by molar-refractivity contribution is -0.930. The molecule has 0 bridgehead atoms. The van der Waals surface area contributed by atoms with Crippen LogP contribution in [0.15, 0.2) is 59.4 Å². The molecule has 0 radical (unpaired) electrons. The van der Waals surface area contributed by atoms with Crippen molar-refractivity contribution in [1.82, 2.24) is 9.97 Å².